The first kappa shape index (κ1) is 24.6. The van der Waals surface area contributed by atoms with Gasteiger partial charge in [-0.15, -0.1) is 0 Å². The number of halogens is 2. The summed E-state index contributed by atoms with van der Waals surface area (Å²) < 4.78 is 7.58. The smallest absolute Gasteiger partial charge is 0.228 e. The molecule has 5 rings (SSSR count). The number of ether oxygens (including phenoxy) is 1. The summed E-state index contributed by atoms with van der Waals surface area (Å²) in [4.78, 5) is 20.3. The minimum absolute atomic E-state index is 0.0318. The molecule has 1 aliphatic heterocycles. The number of anilines is 1. The van der Waals surface area contributed by atoms with Crippen LogP contribution in [0.25, 0.3) is 11.0 Å². The molecule has 186 valence electrons. The number of aromatic nitrogens is 2. The van der Waals surface area contributed by atoms with Crippen molar-refractivity contribution in [2.75, 3.05) is 25.5 Å². The fourth-order valence-corrected chi connectivity index (χ4v) is 5.13. The van der Waals surface area contributed by atoms with Crippen LogP contribution in [0.4, 0.5) is 5.69 Å². The molecule has 4 aromatic rings. The van der Waals surface area contributed by atoms with Crippen LogP contribution in [0.1, 0.15) is 24.2 Å². The fourth-order valence-electron chi connectivity index (χ4n) is 4.78. The second-order valence-corrected chi connectivity index (χ2v) is 9.90. The topological polar surface area (TPSA) is 59.4 Å². The number of rotatable bonds is 7. The Morgan fingerprint density at radius 3 is 2.67 bits per heavy atom. The van der Waals surface area contributed by atoms with Gasteiger partial charge in [-0.25, -0.2) is 4.98 Å². The zero-order chi connectivity index (χ0) is 25.1. The van der Waals surface area contributed by atoms with Crippen LogP contribution in [0.3, 0.4) is 0 Å². The van der Waals surface area contributed by atoms with Crippen molar-refractivity contribution in [2.45, 2.75) is 25.9 Å². The van der Waals surface area contributed by atoms with E-state index in [1.54, 1.807) is 25.3 Å². The van der Waals surface area contributed by atoms with E-state index in [1.165, 1.54) is 5.56 Å². The molecule has 1 N–H and O–H groups in total. The second-order valence-electron chi connectivity index (χ2n) is 9.12. The molecular formula is C28H28Cl2N4O2. The molecule has 1 aliphatic rings. The van der Waals surface area contributed by atoms with E-state index in [4.69, 9.17) is 32.9 Å². The lowest BCUT2D eigenvalue weighted by Crippen LogP contribution is -2.40. The molecule has 3 aromatic carbocycles. The highest BCUT2D eigenvalue weighted by Crippen LogP contribution is 2.31. The van der Waals surface area contributed by atoms with Gasteiger partial charge in [-0.1, -0.05) is 53.5 Å². The van der Waals surface area contributed by atoms with E-state index in [1.807, 2.05) is 30.3 Å². The van der Waals surface area contributed by atoms with Crippen molar-refractivity contribution >= 4 is 45.8 Å². The predicted molar refractivity (Wildman–Crippen MR) is 145 cm³/mol. The van der Waals surface area contributed by atoms with E-state index in [-0.39, 0.29) is 11.8 Å². The van der Waals surface area contributed by atoms with Gasteiger partial charge < -0.3 is 14.6 Å². The molecule has 0 saturated carbocycles. The lowest BCUT2D eigenvalue weighted by atomic mass is 9.97. The summed E-state index contributed by atoms with van der Waals surface area (Å²) in [6.07, 6.45) is 1.78. The summed E-state index contributed by atoms with van der Waals surface area (Å²) in [5.74, 6) is 1.67. The average molecular weight is 523 g/mol. The van der Waals surface area contributed by atoms with Gasteiger partial charge in [0.05, 0.1) is 46.3 Å². The molecule has 1 fully saturated rings. The molecule has 0 spiro atoms. The first-order valence-corrected chi connectivity index (χ1v) is 12.8. The van der Waals surface area contributed by atoms with Crippen molar-refractivity contribution in [2.24, 2.45) is 5.92 Å². The van der Waals surface area contributed by atoms with Gasteiger partial charge in [-0.2, -0.15) is 0 Å². The lowest BCUT2D eigenvalue weighted by molar-refractivity contribution is -0.121. The van der Waals surface area contributed by atoms with Crippen molar-refractivity contribution in [3.05, 3.63) is 88.2 Å². The normalized spacial score (nSPS) is 16.2. The maximum Gasteiger partial charge on any atom is 0.228 e. The minimum Gasteiger partial charge on any atom is -0.497 e. The number of amides is 1. The van der Waals surface area contributed by atoms with Crippen molar-refractivity contribution in [1.82, 2.24) is 14.5 Å². The van der Waals surface area contributed by atoms with E-state index in [0.717, 1.165) is 42.0 Å². The molecule has 2 heterocycles. The number of hydrogen-bond acceptors (Lipinski definition) is 4. The van der Waals surface area contributed by atoms with Gasteiger partial charge in [-0.3, -0.25) is 9.69 Å². The number of benzene rings is 3. The number of hydrogen-bond donors (Lipinski definition) is 1. The Labute approximate surface area is 220 Å². The molecule has 1 aromatic heterocycles. The molecule has 0 radical (unpaired) electrons. The summed E-state index contributed by atoms with van der Waals surface area (Å²) in [5.41, 5.74) is 3.80. The number of imidazole rings is 1. The van der Waals surface area contributed by atoms with Gasteiger partial charge in [0.1, 0.15) is 11.6 Å². The van der Waals surface area contributed by atoms with Gasteiger partial charge >= 0.3 is 0 Å². The zero-order valence-corrected chi connectivity index (χ0v) is 21.6. The Morgan fingerprint density at radius 1 is 1.06 bits per heavy atom. The molecule has 1 amide bonds. The Bertz CT molecular complexity index is 1370. The van der Waals surface area contributed by atoms with E-state index < -0.39 is 0 Å². The molecule has 0 aliphatic carbocycles. The SMILES string of the molecule is COc1ccc(Cn2c(CN3CCC[C@H](C(=O)Nc4cccc(Cl)c4Cl)C3)nc3ccccc32)cc1. The number of carbonyl (C=O) groups is 1. The third-order valence-corrected chi connectivity index (χ3v) is 7.50. The van der Waals surface area contributed by atoms with Crippen molar-refractivity contribution in [1.29, 1.82) is 0 Å². The molecule has 8 heteroatoms. The molecule has 1 saturated heterocycles. The van der Waals surface area contributed by atoms with Crippen LogP contribution in [0.15, 0.2) is 66.7 Å². The van der Waals surface area contributed by atoms with Crippen LogP contribution < -0.4 is 10.1 Å². The quantitative estimate of drug-likeness (QED) is 0.311. The van der Waals surface area contributed by atoms with E-state index >= 15 is 0 Å². The Balaban J connectivity index is 1.33. The average Bonchev–Trinajstić information content (AvgIpc) is 3.24. The molecule has 0 unspecified atom stereocenters. The van der Waals surface area contributed by atoms with E-state index in [2.05, 4.69) is 33.0 Å². The van der Waals surface area contributed by atoms with Gasteiger partial charge in [-0.05, 0) is 61.3 Å². The first-order valence-electron chi connectivity index (χ1n) is 12.1. The highest BCUT2D eigenvalue weighted by atomic mass is 35.5. The Morgan fingerprint density at radius 2 is 1.86 bits per heavy atom. The fraction of sp³-hybridized carbons (Fsp3) is 0.286. The van der Waals surface area contributed by atoms with Gasteiger partial charge in [0.25, 0.3) is 0 Å². The van der Waals surface area contributed by atoms with Crippen molar-refractivity contribution in [3.8, 4) is 5.75 Å². The van der Waals surface area contributed by atoms with Crippen LogP contribution in [0, 0.1) is 5.92 Å². The molecular weight excluding hydrogens is 495 g/mol. The maximum absolute atomic E-state index is 13.1. The number of fused-ring (bicyclic) bond motifs is 1. The van der Waals surface area contributed by atoms with Crippen molar-refractivity contribution in [3.63, 3.8) is 0 Å². The van der Waals surface area contributed by atoms with Crippen LogP contribution in [-0.2, 0) is 17.9 Å². The first-order chi connectivity index (χ1) is 17.5. The van der Waals surface area contributed by atoms with Gasteiger partial charge in [0, 0.05) is 13.1 Å². The maximum atomic E-state index is 13.1. The molecule has 36 heavy (non-hydrogen) atoms. The van der Waals surface area contributed by atoms with Crippen molar-refractivity contribution < 1.29 is 9.53 Å². The van der Waals surface area contributed by atoms with E-state index in [9.17, 15) is 4.79 Å². The summed E-state index contributed by atoms with van der Waals surface area (Å²) in [6.45, 7) is 2.97. The van der Waals surface area contributed by atoms with Crippen LogP contribution in [0.2, 0.25) is 10.0 Å². The van der Waals surface area contributed by atoms with Crippen LogP contribution in [0.5, 0.6) is 5.75 Å². The number of carbonyl (C=O) groups excluding carboxylic acids is 1. The number of likely N-dealkylation sites (tertiary alicyclic amines) is 1. The number of piperidine rings is 1. The minimum atomic E-state index is -0.131. The number of para-hydroxylation sites is 2. The zero-order valence-electron chi connectivity index (χ0n) is 20.1. The summed E-state index contributed by atoms with van der Waals surface area (Å²) >= 11 is 12.4. The Kier molecular flexibility index (Phi) is 7.46. The number of nitrogens with zero attached hydrogens (tertiary/aromatic N) is 3. The predicted octanol–water partition coefficient (Wildman–Crippen LogP) is 6.25. The lowest BCUT2D eigenvalue weighted by Gasteiger charge is -2.32. The van der Waals surface area contributed by atoms with Gasteiger partial charge in [0.2, 0.25) is 5.91 Å². The highest BCUT2D eigenvalue weighted by Gasteiger charge is 2.27. The molecule has 0 bridgehead atoms. The highest BCUT2D eigenvalue weighted by molar-refractivity contribution is 6.44. The Hall–Kier alpha value is -3.06. The second kappa shape index (κ2) is 10.9. The number of methoxy groups -OCH3 is 1. The van der Waals surface area contributed by atoms with Crippen LogP contribution >= 0.6 is 23.2 Å². The van der Waals surface area contributed by atoms with E-state index in [0.29, 0.717) is 35.4 Å². The largest absolute Gasteiger partial charge is 0.497 e. The van der Waals surface area contributed by atoms with Gasteiger partial charge in [0.15, 0.2) is 0 Å². The third-order valence-electron chi connectivity index (χ3n) is 6.68. The third kappa shape index (κ3) is 5.36. The number of nitrogens with one attached hydrogen (secondary N) is 1. The molecule has 6 nitrogen and oxygen atoms in total. The molecule has 1 atom stereocenters. The standard InChI is InChI=1S/C28H28Cl2N4O2/c1-36-21-13-11-19(12-14-21)16-34-25-10-3-2-8-23(25)31-26(34)18-33-15-5-6-20(17-33)28(35)32-24-9-4-7-22(29)27(24)30/h2-4,7-14,20H,5-6,15-18H2,1H3,(H,32,35)/t20-/m0/s1. The monoisotopic (exact) mass is 522 g/mol. The van der Waals surface area contributed by atoms with Crippen LogP contribution in [-0.4, -0.2) is 40.6 Å². The summed E-state index contributed by atoms with van der Waals surface area (Å²) in [6, 6.07) is 21.6. The summed E-state index contributed by atoms with van der Waals surface area (Å²) in [7, 11) is 1.67. The summed E-state index contributed by atoms with van der Waals surface area (Å²) in [5, 5.41) is 3.76.